The van der Waals surface area contributed by atoms with Crippen molar-refractivity contribution in [1.82, 2.24) is 5.32 Å². The third kappa shape index (κ3) is 4.77. The number of nitrogens with zero attached hydrogens (tertiary/aromatic N) is 1. The Bertz CT molecular complexity index is 692. The Kier molecular flexibility index (Phi) is 6.52. The van der Waals surface area contributed by atoms with Crippen molar-refractivity contribution in [2.24, 2.45) is 10.7 Å². The van der Waals surface area contributed by atoms with Crippen molar-refractivity contribution in [1.29, 1.82) is 0 Å². The van der Waals surface area contributed by atoms with Gasteiger partial charge < -0.3 is 20.5 Å². The van der Waals surface area contributed by atoms with Crippen LogP contribution >= 0.6 is 11.3 Å². The Hall–Kier alpha value is -2.05. The molecule has 3 rings (SSSR count). The van der Waals surface area contributed by atoms with Crippen LogP contribution in [0.2, 0.25) is 0 Å². The summed E-state index contributed by atoms with van der Waals surface area (Å²) in [5, 5.41) is 5.32. The van der Waals surface area contributed by atoms with Gasteiger partial charge in [-0.3, -0.25) is 4.99 Å². The lowest BCUT2D eigenvalue weighted by atomic mass is 9.74. The highest BCUT2D eigenvalue weighted by Crippen LogP contribution is 2.36. The normalized spacial score (nSPS) is 17.0. The second-order valence-electron chi connectivity index (χ2n) is 6.58. The number of nitrogens with one attached hydrogen (secondary N) is 1. The fourth-order valence-electron chi connectivity index (χ4n) is 3.31. The molecule has 5 nitrogen and oxygen atoms in total. The van der Waals surface area contributed by atoms with E-state index in [-0.39, 0.29) is 5.41 Å². The van der Waals surface area contributed by atoms with Gasteiger partial charge in [0.25, 0.3) is 0 Å². The van der Waals surface area contributed by atoms with Gasteiger partial charge >= 0.3 is 0 Å². The maximum absolute atomic E-state index is 6.10. The molecule has 0 atom stereocenters. The number of hydrogen-bond donors (Lipinski definition) is 2. The van der Waals surface area contributed by atoms with E-state index in [1.165, 1.54) is 10.4 Å². The van der Waals surface area contributed by atoms with Crippen molar-refractivity contribution in [3.8, 4) is 5.75 Å². The van der Waals surface area contributed by atoms with Crippen molar-refractivity contribution in [3.63, 3.8) is 0 Å². The minimum absolute atomic E-state index is 0.0232. The highest BCUT2D eigenvalue weighted by Gasteiger charge is 2.34. The first-order valence-corrected chi connectivity index (χ1v) is 9.88. The second-order valence-corrected chi connectivity index (χ2v) is 7.61. The molecule has 140 valence electrons. The quantitative estimate of drug-likeness (QED) is 0.578. The van der Waals surface area contributed by atoms with Crippen molar-refractivity contribution in [2.75, 3.05) is 33.4 Å². The van der Waals surface area contributed by atoms with Crippen LogP contribution in [0.3, 0.4) is 0 Å². The third-order valence-corrected chi connectivity index (χ3v) is 5.90. The predicted octanol–water partition coefficient (Wildman–Crippen LogP) is 2.95. The van der Waals surface area contributed by atoms with Crippen LogP contribution in [-0.2, 0) is 16.6 Å². The number of nitrogens with two attached hydrogens (primary N) is 1. The van der Waals surface area contributed by atoms with E-state index in [0.717, 1.165) is 44.8 Å². The van der Waals surface area contributed by atoms with Crippen molar-refractivity contribution in [3.05, 3.63) is 52.2 Å². The molecule has 1 aliphatic heterocycles. The van der Waals surface area contributed by atoms with Crippen LogP contribution in [0.25, 0.3) is 0 Å². The summed E-state index contributed by atoms with van der Waals surface area (Å²) in [6.07, 6.45) is 2.86. The molecule has 0 unspecified atom stereocenters. The van der Waals surface area contributed by atoms with Gasteiger partial charge in [0.1, 0.15) is 5.75 Å². The molecule has 0 amide bonds. The van der Waals surface area contributed by atoms with Crippen molar-refractivity contribution < 1.29 is 9.47 Å². The van der Waals surface area contributed by atoms with Crippen LogP contribution in [0, 0.1) is 0 Å². The summed E-state index contributed by atoms with van der Waals surface area (Å²) < 4.78 is 10.9. The molecule has 2 aromatic rings. The van der Waals surface area contributed by atoms with Gasteiger partial charge in [0.05, 0.1) is 13.7 Å². The van der Waals surface area contributed by atoms with Gasteiger partial charge in [-0.15, -0.1) is 11.3 Å². The average Bonchev–Trinajstić information content (AvgIpc) is 3.21. The summed E-state index contributed by atoms with van der Waals surface area (Å²) >= 11 is 1.77. The van der Waals surface area contributed by atoms with E-state index < -0.39 is 0 Å². The fraction of sp³-hybridized carbons (Fsp3) is 0.450. The standard InChI is InChI=1S/C20H27N3O2S/c1-24-17-6-4-16(5-7-17)20(9-12-25-13-10-20)15-23-19(21)22-11-8-18-3-2-14-26-18/h2-7,14H,8-13,15H2,1H3,(H3,21,22,23). The Morgan fingerprint density at radius 3 is 2.69 bits per heavy atom. The molecule has 3 N–H and O–H groups in total. The van der Waals surface area contributed by atoms with Gasteiger partial charge in [0.15, 0.2) is 5.96 Å². The second kappa shape index (κ2) is 9.05. The van der Waals surface area contributed by atoms with Crippen molar-refractivity contribution in [2.45, 2.75) is 24.7 Å². The van der Waals surface area contributed by atoms with Gasteiger partial charge in [-0.05, 0) is 48.4 Å². The maximum Gasteiger partial charge on any atom is 0.188 e. The first-order chi connectivity index (χ1) is 12.7. The van der Waals surface area contributed by atoms with Crippen LogP contribution in [0.1, 0.15) is 23.3 Å². The minimum Gasteiger partial charge on any atom is -0.497 e. The van der Waals surface area contributed by atoms with Gasteiger partial charge in [-0.25, -0.2) is 0 Å². The summed E-state index contributed by atoms with van der Waals surface area (Å²) in [5.74, 6) is 1.38. The molecule has 1 fully saturated rings. The summed E-state index contributed by atoms with van der Waals surface area (Å²) in [6.45, 7) is 2.98. The topological polar surface area (TPSA) is 68.9 Å². The van der Waals surface area contributed by atoms with E-state index >= 15 is 0 Å². The van der Waals surface area contributed by atoms with E-state index in [2.05, 4.69) is 40.0 Å². The smallest absolute Gasteiger partial charge is 0.188 e. The zero-order valence-corrected chi connectivity index (χ0v) is 16.1. The average molecular weight is 374 g/mol. The number of ether oxygens (including phenoxy) is 2. The molecule has 0 aliphatic carbocycles. The fourth-order valence-corrected chi connectivity index (χ4v) is 4.01. The Morgan fingerprint density at radius 1 is 1.27 bits per heavy atom. The summed E-state index contributed by atoms with van der Waals surface area (Å²) in [5.41, 5.74) is 7.36. The van der Waals surface area contributed by atoms with E-state index in [1.807, 2.05) is 12.1 Å². The van der Waals surface area contributed by atoms with Gasteiger partial charge in [0.2, 0.25) is 0 Å². The molecule has 1 aromatic heterocycles. The van der Waals surface area contributed by atoms with Gasteiger partial charge in [0, 0.05) is 30.1 Å². The third-order valence-electron chi connectivity index (χ3n) is 4.96. The molecule has 26 heavy (non-hydrogen) atoms. The van der Waals surface area contributed by atoms with E-state index in [0.29, 0.717) is 12.5 Å². The van der Waals surface area contributed by atoms with Gasteiger partial charge in [-0.2, -0.15) is 0 Å². The Morgan fingerprint density at radius 2 is 2.04 bits per heavy atom. The number of guanidine groups is 1. The number of benzene rings is 1. The summed E-state index contributed by atoms with van der Waals surface area (Å²) in [6, 6.07) is 12.5. The molecular formula is C20H27N3O2S. The highest BCUT2D eigenvalue weighted by atomic mass is 32.1. The molecule has 0 spiro atoms. The molecule has 1 aromatic carbocycles. The first-order valence-electron chi connectivity index (χ1n) is 9.00. The lowest BCUT2D eigenvalue weighted by Gasteiger charge is -2.36. The number of hydrogen-bond acceptors (Lipinski definition) is 4. The van der Waals surface area contributed by atoms with E-state index in [4.69, 9.17) is 15.2 Å². The molecular weight excluding hydrogens is 346 g/mol. The number of rotatable bonds is 7. The largest absolute Gasteiger partial charge is 0.497 e. The minimum atomic E-state index is -0.0232. The number of methoxy groups -OCH3 is 1. The lowest BCUT2D eigenvalue weighted by molar-refractivity contribution is 0.0531. The maximum atomic E-state index is 6.10. The van der Waals surface area contributed by atoms with Gasteiger partial charge in [-0.1, -0.05) is 18.2 Å². The highest BCUT2D eigenvalue weighted by molar-refractivity contribution is 7.09. The Labute approximate surface area is 159 Å². The zero-order valence-electron chi connectivity index (χ0n) is 15.2. The summed E-state index contributed by atoms with van der Waals surface area (Å²) in [7, 11) is 1.69. The molecule has 1 saturated heterocycles. The van der Waals surface area contributed by atoms with Crippen LogP contribution in [-0.4, -0.2) is 39.4 Å². The molecule has 2 heterocycles. The SMILES string of the molecule is COc1ccc(C2(CN=C(N)NCCc3cccs3)CCOCC2)cc1. The zero-order chi connectivity index (χ0) is 18.2. The number of thiophene rings is 1. The van der Waals surface area contributed by atoms with Crippen LogP contribution in [0.4, 0.5) is 0 Å². The van der Waals surface area contributed by atoms with E-state index in [9.17, 15) is 0 Å². The predicted molar refractivity (Wildman–Crippen MR) is 107 cm³/mol. The van der Waals surface area contributed by atoms with Crippen LogP contribution in [0.5, 0.6) is 5.75 Å². The first kappa shape index (κ1) is 18.7. The molecule has 0 radical (unpaired) electrons. The summed E-state index contributed by atoms with van der Waals surface area (Å²) in [4.78, 5) is 6.01. The monoisotopic (exact) mass is 373 g/mol. The van der Waals surface area contributed by atoms with E-state index in [1.54, 1.807) is 18.4 Å². The van der Waals surface area contributed by atoms with Crippen LogP contribution < -0.4 is 15.8 Å². The number of aliphatic imine (C=N–C) groups is 1. The van der Waals surface area contributed by atoms with Crippen LogP contribution in [0.15, 0.2) is 46.8 Å². The molecule has 1 aliphatic rings. The lowest BCUT2D eigenvalue weighted by Crippen LogP contribution is -2.39. The molecule has 0 bridgehead atoms. The van der Waals surface area contributed by atoms with Crippen molar-refractivity contribution >= 4 is 17.3 Å². The molecule has 6 heteroatoms. The Balaban J connectivity index is 1.63. The molecule has 0 saturated carbocycles.